The third-order valence-electron chi connectivity index (χ3n) is 5.92. The van der Waals surface area contributed by atoms with Gasteiger partial charge in [-0.15, -0.1) is 0 Å². The molecule has 2 fully saturated rings. The zero-order valence-corrected chi connectivity index (χ0v) is 14.8. The van der Waals surface area contributed by atoms with E-state index in [-0.39, 0.29) is 18.0 Å². The number of carbonyl (C=O) groups is 1. The quantitative estimate of drug-likeness (QED) is 0.866. The van der Waals surface area contributed by atoms with Crippen LogP contribution in [0.25, 0.3) is 0 Å². The Morgan fingerprint density at radius 2 is 1.96 bits per heavy atom. The van der Waals surface area contributed by atoms with Gasteiger partial charge in [0, 0.05) is 24.7 Å². The fourth-order valence-electron chi connectivity index (χ4n) is 4.65. The van der Waals surface area contributed by atoms with Gasteiger partial charge in [0.1, 0.15) is 0 Å². The molecule has 1 aromatic heterocycles. The van der Waals surface area contributed by atoms with Crippen molar-refractivity contribution in [1.29, 1.82) is 0 Å². The van der Waals surface area contributed by atoms with Crippen LogP contribution in [0.3, 0.4) is 0 Å². The van der Waals surface area contributed by atoms with Crippen molar-refractivity contribution in [2.24, 2.45) is 5.92 Å². The van der Waals surface area contributed by atoms with Gasteiger partial charge in [0.25, 0.3) is 0 Å². The van der Waals surface area contributed by atoms with E-state index in [0.29, 0.717) is 18.7 Å². The van der Waals surface area contributed by atoms with Gasteiger partial charge in [0.15, 0.2) is 0 Å². The molecule has 26 heavy (non-hydrogen) atoms. The summed E-state index contributed by atoms with van der Waals surface area (Å²) in [5, 5.41) is 14.5. The second-order valence-corrected chi connectivity index (χ2v) is 7.36. The molecule has 1 aromatic carbocycles. The Kier molecular flexibility index (Phi) is 4.64. The Balaban J connectivity index is 1.58. The van der Waals surface area contributed by atoms with Crippen LogP contribution in [0.2, 0.25) is 0 Å². The minimum Gasteiger partial charge on any atom is -0.385 e. The first-order chi connectivity index (χ1) is 12.7. The Labute approximate surface area is 154 Å². The number of aliphatic hydroxyl groups is 1. The zero-order chi connectivity index (χ0) is 18.0. The molecular weight excluding hydrogens is 326 g/mol. The minimum absolute atomic E-state index is 0.0689. The van der Waals surface area contributed by atoms with E-state index in [9.17, 15) is 9.90 Å². The molecule has 136 valence electrons. The van der Waals surface area contributed by atoms with Gasteiger partial charge in [-0.25, -0.2) is 4.79 Å². The zero-order valence-electron chi connectivity index (χ0n) is 14.8. The first-order valence-electron chi connectivity index (χ1n) is 9.44. The van der Waals surface area contributed by atoms with Crippen LogP contribution in [0.4, 0.5) is 10.5 Å². The number of hydrogen-bond acceptors (Lipinski definition) is 3. The van der Waals surface area contributed by atoms with Crippen molar-refractivity contribution in [2.45, 2.75) is 43.7 Å². The molecule has 0 bridgehead atoms. The van der Waals surface area contributed by atoms with Crippen molar-refractivity contribution < 1.29 is 9.90 Å². The molecule has 1 saturated heterocycles. The third kappa shape index (κ3) is 3.07. The number of anilines is 1. The maximum absolute atomic E-state index is 12.9. The second kappa shape index (κ2) is 7.08. The molecule has 0 radical (unpaired) electrons. The smallest absolute Gasteiger partial charge is 0.322 e. The highest BCUT2D eigenvalue weighted by Crippen LogP contribution is 2.46. The molecule has 3 atom stereocenters. The molecule has 1 aliphatic heterocycles. The Hall–Kier alpha value is -2.40. The number of aromatic nitrogens is 1. The number of likely N-dealkylation sites (tertiary alicyclic amines) is 1. The van der Waals surface area contributed by atoms with Crippen molar-refractivity contribution >= 4 is 11.7 Å². The van der Waals surface area contributed by atoms with Gasteiger partial charge in [0.05, 0.1) is 17.5 Å². The lowest BCUT2D eigenvalue weighted by atomic mass is 9.66. The maximum Gasteiger partial charge on any atom is 0.322 e. The summed E-state index contributed by atoms with van der Waals surface area (Å²) in [7, 11) is 0. The number of nitrogens with one attached hydrogen (secondary N) is 1. The van der Waals surface area contributed by atoms with Crippen LogP contribution in [0.1, 0.15) is 37.7 Å². The van der Waals surface area contributed by atoms with Crippen LogP contribution in [0.5, 0.6) is 0 Å². The predicted octanol–water partition coefficient (Wildman–Crippen LogP) is 3.77. The third-order valence-corrected chi connectivity index (χ3v) is 5.92. The average molecular weight is 351 g/mol. The Morgan fingerprint density at radius 1 is 1.15 bits per heavy atom. The molecule has 5 nitrogen and oxygen atoms in total. The van der Waals surface area contributed by atoms with Crippen molar-refractivity contribution in [3.63, 3.8) is 0 Å². The fourth-order valence-corrected chi connectivity index (χ4v) is 4.65. The first kappa shape index (κ1) is 17.0. The topological polar surface area (TPSA) is 65.5 Å². The van der Waals surface area contributed by atoms with Gasteiger partial charge >= 0.3 is 6.03 Å². The van der Waals surface area contributed by atoms with Gasteiger partial charge in [0.2, 0.25) is 0 Å². The number of piperidine rings is 1. The van der Waals surface area contributed by atoms with Crippen molar-refractivity contribution in [3.8, 4) is 0 Å². The normalized spacial score (nSPS) is 28.3. The van der Waals surface area contributed by atoms with E-state index in [2.05, 4.69) is 10.3 Å². The van der Waals surface area contributed by atoms with Gasteiger partial charge in [-0.1, -0.05) is 43.2 Å². The van der Waals surface area contributed by atoms with Crippen molar-refractivity contribution in [3.05, 3.63) is 60.4 Å². The summed E-state index contributed by atoms with van der Waals surface area (Å²) in [6.45, 7) is 0.554. The summed E-state index contributed by atoms with van der Waals surface area (Å²) in [5.74, 6) is 0.0760. The van der Waals surface area contributed by atoms with Crippen LogP contribution in [-0.2, 0) is 5.60 Å². The molecule has 2 N–H and O–H groups in total. The fraction of sp³-hybridized carbons (Fsp3) is 0.429. The summed E-state index contributed by atoms with van der Waals surface area (Å²) in [4.78, 5) is 18.9. The van der Waals surface area contributed by atoms with E-state index in [1.54, 1.807) is 12.4 Å². The standard InChI is InChI=1S/C21H25N3O2/c25-20(23-17-9-6-13-22-15-17)24-14-12-21(26,16-7-2-1-3-8-16)18-10-4-5-11-19(18)24/h1-3,6-9,13,15,18-19,26H,4-5,10-12,14H2,(H,23,25). The molecule has 3 unspecified atom stereocenters. The SMILES string of the molecule is O=C(Nc1cccnc1)N1CCC(O)(c2ccccc2)C2CCCCC21. The van der Waals surface area contributed by atoms with E-state index in [4.69, 9.17) is 0 Å². The number of rotatable bonds is 2. The van der Waals surface area contributed by atoms with E-state index in [1.807, 2.05) is 47.4 Å². The van der Waals surface area contributed by atoms with Crippen molar-refractivity contribution in [1.82, 2.24) is 9.88 Å². The molecule has 5 heteroatoms. The summed E-state index contributed by atoms with van der Waals surface area (Å²) >= 11 is 0. The number of amides is 2. The minimum atomic E-state index is -0.850. The summed E-state index contributed by atoms with van der Waals surface area (Å²) in [6.07, 6.45) is 8.01. The molecule has 4 rings (SSSR count). The lowest BCUT2D eigenvalue weighted by Crippen LogP contribution is -2.59. The molecule has 2 aromatic rings. The lowest BCUT2D eigenvalue weighted by molar-refractivity contribution is -0.107. The highest BCUT2D eigenvalue weighted by Gasteiger charge is 2.50. The van der Waals surface area contributed by atoms with E-state index < -0.39 is 5.60 Å². The molecular formula is C21H25N3O2. The number of benzene rings is 1. The molecule has 2 amide bonds. The molecule has 2 heterocycles. The van der Waals surface area contributed by atoms with Gasteiger partial charge in [-0.2, -0.15) is 0 Å². The van der Waals surface area contributed by atoms with Gasteiger partial charge in [-0.3, -0.25) is 4.98 Å². The summed E-state index contributed by atoms with van der Waals surface area (Å²) in [5.41, 5.74) is 0.829. The van der Waals surface area contributed by atoms with Crippen LogP contribution < -0.4 is 5.32 Å². The number of pyridine rings is 1. The summed E-state index contributed by atoms with van der Waals surface area (Å²) in [6, 6.07) is 13.6. The van der Waals surface area contributed by atoms with Crippen LogP contribution >= 0.6 is 0 Å². The Morgan fingerprint density at radius 3 is 2.73 bits per heavy atom. The number of hydrogen-bond donors (Lipinski definition) is 2. The number of carbonyl (C=O) groups excluding carboxylic acids is 1. The first-order valence-corrected chi connectivity index (χ1v) is 9.44. The lowest BCUT2D eigenvalue weighted by Gasteiger charge is -2.52. The number of nitrogens with zero attached hydrogens (tertiary/aromatic N) is 2. The average Bonchev–Trinajstić information content (AvgIpc) is 2.70. The van der Waals surface area contributed by atoms with E-state index in [0.717, 1.165) is 31.2 Å². The Bertz CT molecular complexity index is 752. The highest BCUT2D eigenvalue weighted by molar-refractivity contribution is 5.89. The van der Waals surface area contributed by atoms with Crippen LogP contribution in [-0.4, -0.2) is 33.6 Å². The van der Waals surface area contributed by atoms with E-state index in [1.165, 1.54) is 0 Å². The van der Waals surface area contributed by atoms with Crippen molar-refractivity contribution in [2.75, 3.05) is 11.9 Å². The number of fused-ring (bicyclic) bond motifs is 1. The monoisotopic (exact) mass is 351 g/mol. The molecule has 1 saturated carbocycles. The second-order valence-electron chi connectivity index (χ2n) is 7.36. The summed E-state index contributed by atoms with van der Waals surface area (Å²) < 4.78 is 0. The van der Waals surface area contributed by atoms with Gasteiger partial charge < -0.3 is 15.3 Å². The van der Waals surface area contributed by atoms with Gasteiger partial charge in [-0.05, 0) is 37.0 Å². The predicted molar refractivity (Wildman–Crippen MR) is 101 cm³/mol. The van der Waals surface area contributed by atoms with E-state index >= 15 is 0 Å². The van der Waals surface area contributed by atoms with Crippen LogP contribution in [0, 0.1) is 5.92 Å². The highest BCUT2D eigenvalue weighted by atomic mass is 16.3. The van der Waals surface area contributed by atoms with Crippen LogP contribution in [0.15, 0.2) is 54.9 Å². The largest absolute Gasteiger partial charge is 0.385 e. The molecule has 1 aliphatic carbocycles. The molecule has 2 aliphatic rings. The molecule has 0 spiro atoms. The maximum atomic E-state index is 12.9. The number of urea groups is 1.